The molecule has 1 aromatic heterocycles. The van der Waals surface area contributed by atoms with Crippen molar-refractivity contribution < 1.29 is 9.53 Å². The van der Waals surface area contributed by atoms with Crippen LogP contribution in [0.1, 0.15) is 25.3 Å². The van der Waals surface area contributed by atoms with Crippen LogP contribution >= 0.6 is 0 Å². The van der Waals surface area contributed by atoms with E-state index in [1.165, 1.54) is 0 Å². The second-order valence-corrected chi connectivity index (χ2v) is 4.50. The van der Waals surface area contributed by atoms with Gasteiger partial charge in [-0.25, -0.2) is 0 Å². The number of benzene rings is 1. The highest BCUT2D eigenvalue weighted by Gasteiger charge is 2.07. The molecule has 0 spiro atoms. The third-order valence-corrected chi connectivity index (χ3v) is 2.77. The fraction of sp³-hybridized carbons (Fsp3) is 0.385. The second kappa shape index (κ2) is 7.22. The molecule has 1 aromatic carbocycles. The third-order valence-electron chi connectivity index (χ3n) is 2.77. The summed E-state index contributed by atoms with van der Waals surface area (Å²) >= 11 is 0. The summed E-state index contributed by atoms with van der Waals surface area (Å²) in [7, 11) is 0. The molecule has 0 saturated carbocycles. The van der Waals surface area contributed by atoms with E-state index in [1.54, 1.807) is 0 Å². The van der Waals surface area contributed by atoms with E-state index >= 15 is 0 Å². The predicted octanol–water partition coefficient (Wildman–Crippen LogP) is 1.14. The Kier molecular flexibility index (Phi) is 5.08. The number of H-pyrrole nitrogens is 1. The number of anilines is 2. The molecule has 0 aliphatic heterocycles. The van der Waals surface area contributed by atoms with Crippen molar-refractivity contribution >= 4 is 17.5 Å². The minimum atomic E-state index is -0.179. The Morgan fingerprint density at radius 3 is 3.00 bits per heavy atom. The minimum absolute atomic E-state index is 0.169. The standard InChI is InChI=1S/C13H18N6O2/c1-2-7-21-11-5-3-9(8-10(11)14)4-6-12(20)15-13-16-18-19-17-13/h3,5,8H,2,4,6-7,14H2,1H3,(H2,15,16,17,18,19,20). The number of ether oxygens (including phenoxy) is 1. The zero-order valence-electron chi connectivity index (χ0n) is 11.8. The van der Waals surface area contributed by atoms with Crippen LogP contribution in [0.15, 0.2) is 18.2 Å². The first-order valence-corrected chi connectivity index (χ1v) is 6.73. The summed E-state index contributed by atoms with van der Waals surface area (Å²) in [4.78, 5) is 11.7. The monoisotopic (exact) mass is 290 g/mol. The summed E-state index contributed by atoms with van der Waals surface area (Å²) in [6.07, 6.45) is 1.81. The smallest absolute Gasteiger partial charge is 0.269 e. The van der Waals surface area contributed by atoms with Gasteiger partial charge in [0, 0.05) is 6.42 Å². The van der Waals surface area contributed by atoms with Crippen LogP contribution in [0.25, 0.3) is 0 Å². The van der Waals surface area contributed by atoms with Crippen molar-refractivity contribution in [1.82, 2.24) is 20.6 Å². The van der Waals surface area contributed by atoms with E-state index in [1.807, 2.05) is 25.1 Å². The lowest BCUT2D eigenvalue weighted by molar-refractivity contribution is -0.116. The van der Waals surface area contributed by atoms with Crippen LogP contribution < -0.4 is 15.8 Å². The molecular formula is C13H18N6O2. The fourth-order valence-corrected chi connectivity index (χ4v) is 1.76. The van der Waals surface area contributed by atoms with E-state index in [0.717, 1.165) is 12.0 Å². The van der Waals surface area contributed by atoms with Gasteiger partial charge in [0.2, 0.25) is 5.91 Å². The highest BCUT2D eigenvalue weighted by molar-refractivity contribution is 5.88. The Balaban J connectivity index is 1.85. The molecule has 1 amide bonds. The van der Waals surface area contributed by atoms with Crippen molar-refractivity contribution in [3.63, 3.8) is 0 Å². The molecule has 8 nitrogen and oxygen atoms in total. The second-order valence-electron chi connectivity index (χ2n) is 4.50. The zero-order valence-corrected chi connectivity index (χ0v) is 11.8. The third kappa shape index (κ3) is 4.44. The van der Waals surface area contributed by atoms with Gasteiger partial charge >= 0.3 is 0 Å². The molecule has 4 N–H and O–H groups in total. The molecule has 0 aliphatic rings. The Hall–Kier alpha value is -2.64. The number of tetrazole rings is 1. The molecule has 21 heavy (non-hydrogen) atoms. The fourth-order valence-electron chi connectivity index (χ4n) is 1.76. The van der Waals surface area contributed by atoms with Crippen molar-refractivity contribution in [2.75, 3.05) is 17.7 Å². The first kappa shape index (κ1) is 14.8. The number of aryl methyl sites for hydroxylation is 1. The maximum Gasteiger partial charge on any atom is 0.269 e. The summed E-state index contributed by atoms with van der Waals surface area (Å²) in [6.45, 7) is 2.67. The van der Waals surface area contributed by atoms with Crippen molar-refractivity contribution in [2.45, 2.75) is 26.2 Å². The molecule has 2 aromatic rings. The number of hydrogen-bond acceptors (Lipinski definition) is 6. The molecule has 0 atom stereocenters. The van der Waals surface area contributed by atoms with Gasteiger partial charge in [-0.3, -0.25) is 10.1 Å². The number of aromatic nitrogens is 4. The van der Waals surface area contributed by atoms with Gasteiger partial charge in [0.05, 0.1) is 12.3 Å². The number of hydrogen-bond donors (Lipinski definition) is 3. The van der Waals surface area contributed by atoms with Crippen molar-refractivity contribution in [1.29, 1.82) is 0 Å². The average Bonchev–Trinajstić information content (AvgIpc) is 2.97. The Labute approximate surface area is 122 Å². The number of carbonyl (C=O) groups excluding carboxylic acids is 1. The summed E-state index contributed by atoms with van der Waals surface area (Å²) in [6, 6.07) is 5.56. The van der Waals surface area contributed by atoms with Gasteiger partial charge in [-0.15, -0.1) is 5.10 Å². The van der Waals surface area contributed by atoms with Crippen LogP contribution in [0, 0.1) is 0 Å². The summed E-state index contributed by atoms with van der Waals surface area (Å²) in [5.74, 6) is 0.668. The first-order valence-electron chi connectivity index (χ1n) is 6.73. The van der Waals surface area contributed by atoms with Gasteiger partial charge in [0.25, 0.3) is 5.95 Å². The zero-order chi connectivity index (χ0) is 15.1. The van der Waals surface area contributed by atoms with Crippen LogP contribution in [0.5, 0.6) is 5.75 Å². The highest BCUT2D eigenvalue weighted by atomic mass is 16.5. The topological polar surface area (TPSA) is 119 Å². The van der Waals surface area contributed by atoms with Crippen molar-refractivity contribution in [3.05, 3.63) is 23.8 Å². The molecule has 0 fully saturated rings. The van der Waals surface area contributed by atoms with E-state index < -0.39 is 0 Å². The number of nitrogens with one attached hydrogen (secondary N) is 2. The molecule has 0 unspecified atom stereocenters. The van der Waals surface area contributed by atoms with Gasteiger partial charge in [0.15, 0.2) is 0 Å². The number of nitrogens with two attached hydrogens (primary N) is 1. The Morgan fingerprint density at radius 2 is 2.33 bits per heavy atom. The first-order chi connectivity index (χ1) is 10.2. The molecule has 112 valence electrons. The summed E-state index contributed by atoms with van der Waals surface area (Å²) in [5.41, 5.74) is 7.48. The average molecular weight is 290 g/mol. The van der Waals surface area contributed by atoms with Gasteiger partial charge in [-0.05, 0) is 35.8 Å². The molecule has 0 saturated heterocycles. The summed E-state index contributed by atoms with van der Waals surface area (Å²) < 4.78 is 5.51. The number of carbonyl (C=O) groups is 1. The van der Waals surface area contributed by atoms with Crippen molar-refractivity contribution in [3.8, 4) is 5.75 Å². The molecule has 1 heterocycles. The van der Waals surface area contributed by atoms with Gasteiger partial charge < -0.3 is 10.5 Å². The minimum Gasteiger partial charge on any atom is -0.491 e. The Bertz CT molecular complexity index is 584. The van der Waals surface area contributed by atoms with Crippen LogP contribution in [0.2, 0.25) is 0 Å². The lowest BCUT2D eigenvalue weighted by Crippen LogP contribution is -2.13. The SMILES string of the molecule is CCCOc1ccc(CCC(=O)Nc2nn[nH]n2)cc1N. The molecule has 0 radical (unpaired) electrons. The molecular weight excluding hydrogens is 272 g/mol. The number of rotatable bonds is 7. The van der Waals surface area contributed by atoms with E-state index in [-0.39, 0.29) is 11.9 Å². The van der Waals surface area contributed by atoms with Gasteiger partial charge in [-0.1, -0.05) is 18.1 Å². The maximum absolute atomic E-state index is 11.7. The van der Waals surface area contributed by atoms with Crippen LogP contribution in [-0.2, 0) is 11.2 Å². The normalized spacial score (nSPS) is 10.3. The van der Waals surface area contributed by atoms with Gasteiger partial charge in [-0.2, -0.15) is 5.21 Å². The number of aromatic amines is 1. The maximum atomic E-state index is 11.7. The molecule has 0 bridgehead atoms. The number of nitrogens with zero attached hydrogens (tertiary/aromatic N) is 3. The molecule has 0 aliphatic carbocycles. The van der Waals surface area contributed by atoms with Crippen molar-refractivity contribution in [2.24, 2.45) is 0 Å². The number of amides is 1. The number of nitrogen functional groups attached to an aromatic ring is 1. The van der Waals surface area contributed by atoms with E-state index in [2.05, 4.69) is 25.9 Å². The highest BCUT2D eigenvalue weighted by Crippen LogP contribution is 2.23. The summed E-state index contributed by atoms with van der Waals surface area (Å²) in [5, 5.41) is 15.5. The quantitative estimate of drug-likeness (QED) is 0.658. The molecule has 2 rings (SSSR count). The molecule has 8 heteroatoms. The largest absolute Gasteiger partial charge is 0.491 e. The lowest BCUT2D eigenvalue weighted by atomic mass is 10.1. The van der Waals surface area contributed by atoms with E-state index in [4.69, 9.17) is 10.5 Å². The Morgan fingerprint density at radius 1 is 1.48 bits per heavy atom. The van der Waals surface area contributed by atoms with Crippen LogP contribution in [0.4, 0.5) is 11.6 Å². The van der Waals surface area contributed by atoms with E-state index in [0.29, 0.717) is 30.9 Å². The predicted molar refractivity (Wildman–Crippen MR) is 77.8 cm³/mol. The van der Waals surface area contributed by atoms with Crippen LogP contribution in [0.3, 0.4) is 0 Å². The van der Waals surface area contributed by atoms with Gasteiger partial charge in [0.1, 0.15) is 5.75 Å². The van der Waals surface area contributed by atoms with E-state index in [9.17, 15) is 4.79 Å². The lowest BCUT2D eigenvalue weighted by Gasteiger charge is -2.09. The van der Waals surface area contributed by atoms with Crippen LogP contribution in [-0.4, -0.2) is 33.1 Å².